The van der Waals surface area contributed by atoms with Crippen molar-refractivity contribution in [1.29, 1.82) is 15.8 Å². The van der Waals surface area contributed by atoms with Crippen molar-refractivity contribution in [1.82, 2.24) is 10.2 Å². The minimum absolute atomic E-state index is 0.140. The van der Waals surface area contributed by atoms with Gasteiger partial charge in [0.25, 0.3) is 0 Å². The van der Waals surface area contributed by atoms with Gasteiger partial charge in [0.2, 0.25) is 5.88 Å². The first-order valence-electron chi connectivity index (χ1n) is 6.15. The van der Waals surface area contributed by atoms with Gasteiger partial charge in [-0.3, -0.25) is 0 Å². The molecule has 110 valence electrons. The third-order valence-electron chi connectivity index (χ3n) is 2.52. The van der Waals surface area contributed by atoms with Gasteiger partial charge in [-0.25, -0.2) is 0 Å². The van der Waals surface area contributed by atoms with Gasteiger partial charge in [0.05, 0.1) is 0 Å². The Morgan fingerprint density at radius 2 is 1.83 bits per heavy atom. The number of benzene rings is 1. The first-order valence-corrected chi connectivity index (χ1v) is 6.53. The third kappa shape index (κ3) is 4.18. The van der Waals surface area contributed by atoms with Gasteiger partial charge in [-0.05, 0) is 18.2 Å². The lowest BCUT2D eigenvalue weighted by Gasteiger charge is -2.08. The van der Waals surface area contributed by atoms with Crippen LogP contribution in [-0.4, -0.2) is 10.2 Å². The van der Waals surface area contributed by atoms with E-state index >= 15 is 0 Å². The number of rotatable bonds is 4. The molecule has 0 unspecified atom stereocenters. The van der Waals surface area contributed by atoms with Crippen molar-refractivity contribution < 1.29 is 4.74 Å². The Kier molecular flexibility index (Phi) is 5.09. The summed E-state index contributed by atoms with van der Waals surface area (Å²) < 4.78 is 5.50. The Morgan fingerprint density at radius 3 is 2.43 bits per heavy atom. The van der Waals surface area contributed by atoms with Gasteiger partial charge in [-0.2, -0.15) is 15.8 Å². The van der Waals surface area contributed by atoms with Crippen LogP contribution in [-0.2, 0) is 0 Å². The van der Waals surface area contributed by atoms with Gasteiger partial charge in [0.1, 0.15) is 29.7 Å². The van der Waals surface area contributed by atoms with Gasteiger partial charge in [0, 0.05) is 17.8 Å². The second kappa shape index (κ2) is 7.42. The Labute approximate surface area is 136 Å². The zero-order chi connectivity index (χ0) is 16.7. The Morgan fingerprint density at radius 1 is 1.04 bits per heavy atom. The van der Waals surface area contributed by atoms with E-state index in [1.807, 2.05) is 0 Å². The maximum Gasteiger partial charge on any atom is 0.238 e. The van der Waals surface area contributed by atoms with E-state index in [0.29, 0.717) is 11.4 Å². The predicted molar refractivity (Wildman–Crippen MR) is 81.0 cm³/mol. The smallest absolute Gasteiger partial charge is 0.238 e. The van der Waals surface area contributed by atoms with E-state index in [1.165, 1.54) is 6.07 Å². The first-order chi connectivity index (χ1) is 11.2. The van der Waals surface area contributed by atoms with Crippen LogP contribution in [0.15, 0.2) is 47.7 Å². The van der Waals surface area contributed by atoms with Crippen molar-refractivity contribution in [3.05, 3.63) is 52.8 Å². The summed E-state index contributed by atoms with van der Waals surface area (Å²) in [6.45, 7) is 0. The number of ether oxygens (including phenoxy) is 1. The molecule has 2 aromatic rings. The van der Waals surface area contributed by atoms with E-state index < -0.39 is 0 Å². The largest absolute Gasteiger partial charge is 0.437 e. The number of allylic oxidation sites excluding steroid dienone is 2. The summed E-state index contributed by atoms with van der Waals surface area (Å²) in [7, 11) is 0. The summed E-state index contributed by atoms with van der Waals surface area (Å²) in [5.74, 6) is 0.678. The lowest BCUT2D eigenvalue weighted by atomic mass is 10.2. The summed E-state index contributed by atoms with van der Waals surface area (Å²) in [6, 6.07) is 14.8. The number of anilines is 1. The van der Waals surface area contributed by atoms with Gasteiger partial charge >= 0.3 is 0 Å². The first kappa shape index (κ1) is 15.8. The Balaban J connectivity index is 2.22. The molecule has 1 aromatic carbocycles. The van der Waals surface area contributed by atoms with Gasteiger partial charge in [-0.1, -0.05) is 17.7 Å². The fourth-order valence-corrected chi connectivity index (χ4v) is 1.64. The number of hydrogen-bond acceptors (Lipinski definition) is 7. The molecule has 0 spiro atoms. The predicted octanol–water partition coefficient (Wildman–Crippen LogP) is 3.16. The molecule has 1 aromatic heterocycles. The summed E-state index contributed by atoms with van der Waals surface area (Å²) >= 11 is 5.64. The summed E-state index contributed by atoms with van der Waals surface area (Å²) in [4.78, 5) is 0. The van der Waals surface area contributed by atoms with Crippen molar-refractivity contribution in [3.63, 3.8) is 0 Å². The molecule has 1 heterocycles. The van der Waals surface area contributed by atoms with Crippen LogP contribution >= 0.6 is 11.6 Å². The van der Waals surface area contributed by atoms with E-state index in [1.54, 1.807) is 48.5 Å². The lowest BCUT2D eigenvalue weighted by molar-refractivity contribution is 0.455. The third-order valence-corrected chi connectivity index (χ3v) is 2.72. The second-order valence-electron chi connectivity index (χ2n) is 4.03. The van der Waals surface area contributed by atoms with Crippen LogP contribution in [0.1, 0.15) is 0 Å². The molecular weight excluding hydrogens is 316 g/mol. The quantitative estimate of drug-likeness (QED) is 0.858. The monoisotopic (exact) mass is 322 g/mol. The number of nitriles is 3. The molecular formula is C15H7ClN6O. The van der Waals surface area contributed by atoms with Gasteiger partial charge < -0.3 is 10.1 Å². The molecule has 0 amide bonds. The van der Waals surface area contributed by atoms with Crippen LogP contribution in [0.2, 0.25) is 5.15 Å². The van der Waals surface area contributed by atoms with Gasteiger partial charge in [-0.15, -0.1) is 10.2 Å². The molecule has 8 heteroatoms. The number of hydrogen-bond donors (Lipinski definition) is 1. The van der Waals surface area contributed by atoms with Crippen molar-refractivity contribution in [3.8, 4) is 29.8 Å². The second-order valence-corrected chi connectivity index (χ2v) is 4.42. The van der Waals surface area contributed by atoms with Crippen LogP contribution in [0.3, 0.4) is 0 Å². The highest BCUT2D eigenvalue weighted by Crippen LogP contribution is 2.23. The average molecular weight is 323 g/mol. The maximum absolute atomic E-state index is 9.02. The molecule has 0 radical (unpaired) electrons. The van der Waals surface area contributed by atoms with Gasteiger partial charge in [0.15, 0.2) is 10.7 Å². The fraction of sp³-hybridized carbons (Fsp3) is 0. The molecule has 0 aliphatic heterocycles. The summed E-state index contributed by atoms with van der Waals surface area (Å²) in [5.41, 5.74) is 0.0322. The normalized spacial score (nSPS) is 8.96. The Bertz CT molecular complexity index is 855. The van der Waals surface area contributed by atoms with E-state index in [-0.39, 0.29) is 22.3 Å². The van der Waals surface area contributed by atoms with E-state index in [0.717, 1.165) is 0 Å². The molecule has 0 aliphatic rings. The van der Waals surface area contributed by atoms with Crippen molar-refractivity contribution >= 4 is 17.3 Å². The average Bonchev–Trinajstić information content (AvgIpc) is 2.57. The summed E-state index contributed by atoms with van der Waals surface area (Å²) in [5, 5.41) is 37.0. The minimum Gasteiger partial charge on any atom is -0.437 e. The molecule has 0 atom stereocenters. The van der Waals surface area contributed by atoms with E-state index in [9.17, 15) is 0 Å². The lowest BCUT2D eigenvalue weighted by Crippen LogP contribution is -2.00. The Hall–Kier alpha value is -3.60. The molecule has 0 aliphatic carbocycles. The molecule has 0 bridgehead atoms. The van der Waals surface area contributed by atoms with Crippen molar-refractivity contribution in [2.45, 2.75) is 0 Å². The topological polar surface area (TPSA) is 118 Å². The molecule has 2 rings (SSSR count). The van der Waals surface area contributed by atoms with E-state index in [4.69, 9.17) is 32.1 Å². The number of aromatic nitrogens is 2. The SMILES string of the molecule is N#CC(C#N)=C(C#N)Nc1cccc(Oc2ccc(Cl)nn2)c1. The number of halogens is 1. The van der Waals surface area contributed by atoms with E-state index in [2.05, 4.69) is 15.5 Å². The molecule has 0 fully saturated rings. The molecule has 1 N–H and O–H groups in total. The summed E-state index contributed by atoms with van der Waals surface area (Å²) in [6.07, 6.45) is 0. The maximum atomic E-state index is 9.02. The highest BCUT2D eigenvalue weighted by Gasteiger charge is 2.07. The van der Waals surface area contributed by atoms with Crippen molar-refractivity contribution in [2.75, 3.05) is 5.32 Å². The highest BCUT2D eigenvalue weighted by atomic mass is 35.5. The van der Waals surface area contributed by atoms with Crippen LogP contribution in [0.5, 0.6) is 11.6 Å². The zero-order valence-corrected chi connectivity index (χ0v) is 12.2. The number of nitrogens with zero attached hydrogens (tertiary/aromatic N) is 5. The van der Waals surface area contributed by atoms with Crippen molar-refractivity contribution in [2.24, 2.45) is 0 Å². The number of nitrogens with one attached hydrogen (secondary N) is 1. The molecule has 0 saturated heterocycles. The standard InChI is InChI=1S/C15H7ClN6O/c16-14-4-5-15(22-21-14)23-12-3-1-2-11(6-12)20-13(9-19)10(7-17)8-18/h1-6,20H. The van der Waals surface area contributed by atoms with Crippen LogP contribution in [0.25, 0.3) is 0 Å². The van der Waals surface area contributed by atoms with Crippen LogP contribution in [0, 0.1) is 34.0 Å². The van der Waals surface area contributed by atoms with Crippen LogP contribution < -0.4 is 10.1 Å². The fourth-order valence-electron chi connectivity index (χ4n) is 1.54. The molecule has 0 saturated carbocycles. The molecule has 7 nitrogen and oxygen atoms in total. The molecule has 23 heavy (non-hydrogen) atoms. The van der Waals surface area contributed by atoms with Crippen LogP contribution in [0.4, 0.5) is 5.69 Å². The minimum atomic E-state index is -0.303. The zero-order valence-electron chi connectivity index (χ0n) is 11.5. The highest BCUT2D eigenvalue weighted by molar-refractivity contribution is 6.29.